The Hall–Kier alpha value is -4.26. The van der Waals surface area contributed by atoms with Crippen LogP contribution in [-0.4, -0.2) is 46.7 Å². The molecule has 1 heterocycles. The highest BCUT2D eigenvalue weighted by Gasteiger charge is 2.26. The minimum atomic E-state index is -0.870. The number of nitriles is 1. The van der Waals surface area contributed by atoms with E-state index in [0.29, 0.717) is 6.61 Å². The highest BCUT2D eigenvalue weighted by molar-refractivity contribution is 6.03. The van der Waals surface area contributed by atoms with Crippen LogP contribution >= 0.6 is 0 Å². The minimum Gasteiger partial charge on any atom is -0.506 e. The van der Waals surface area contributed by atoms with E-state index in [1.807, 2.05) is 18.2 Å². The van der Waals surface area contributed by atoms with Crippen LogP contribution in [0, 0.1) is 21.4 Å². The number of methoxy groups -OCH3 is 1. The number of ether oxygens (including phenoxy) is 2. The summed E-state index contributed by atoms with van der Waals surface area (Å²) >= 11 is 0. The molecule has 10 nitrogen and oxygen atoms in total. The molecule has 0 bridgehead atoms. The van der Waals surface area contributed by atoms with Gasteiger partial charge in [-0.2, -0.15) is 5.26 Å². The summed E-state index contributed by atoms with van der Waals surface area (Å²) in [5.74, 6) is -1.81. The van der Waals surface area contributed by atoms with Crippen LogP contribution in [0.4, 0.5) is 5.69 Å². The van der Waals surface area contributed by atoms with Gasteiger partial charge in [0.2, 0.25) is 5.75 Å². The summed E-state index contributed by atoms with van der Waals surface area (Å²) in [6.45, 7) is 0.748. The van der Waals surface area contributed by atoms with Crippen molar-refractivity contribution in [1.29, 1.82) is 5.26 Å². The van der Waals surface area contributed by atoms with E-state index in [1.165, 1.54) is 19.1 Å². The summed E-state index contributed by atoms with van der Waals surface area (Å²) in [7, 11) is 2.63. The molecule has 0 radical (unpaired) electrons. The highest BCUT2D eigenvalue weighted by atomic mass is 16.6. The fourth-order valence-corrected chi connectivity index (χ4v) is 3.22. The molecule has 0 aliphatic carbocycles. The van der Waals surface area contributed by atoms with Crippen molar-refractivity contribution in [1.82, 2.24) is 4.90 Å². The Morgan fingerprint density at radius 3 is 2.77 bits per heavy atom. The van der Waals surface area contributed by atoms with Gasteiger partial charge in [-0.15, -0.1) is 0 Å². The number of aromatic hydroxyl groups is 1. The number of nitro benzene ring substituents is 1. The van der Waals surface area contributed by atoms with Crippen LogP contribution < -0.4 is 9.47 Å². The summed E-state index contributed by atoms with van der Waals surface area (Å²) in [6, 6.07) is 9.18. The zero-order valence-corrected chi connectivity index (χ0v) is 16.8. The van der Waals surface area contributed by atoms with Crippen LogP contribution in [0.2, 0.25) is 0 Å². The number of nitrogens with zero attached hydrogens (tertiary/aromatic N) is 3. The van der Waals surface area contributed by atoms with E-state index in [2.05, 4.69) is 0 Å². The number of fused-ring (bicyclic) bond motifs is 1. The highest BCUT2D eigenvalue weighted by Crippen LogP contribution is 2.39. The second-order valence-electron chi connectivity index (χ2n) is 6.84. The van der Waals surface area contributed by atoms with Crippen LogP contribution in [0.3, 0.4) is 0 Å². The Morgan fingerprint density at radius 2 is 2.13 bits per heavy atom. The Balaban J connectivity index is 1.92. The number of hydrogen-bond acceptors (Lipinski definition) is 8. The second-order valence-corrected chi connectivity index (χ2v) is 6.84. The smallest absolute Gasteiger partial charge is 0.315 e. The Kier molecular flexibility index (Phi) is 5.97. The van der Waals surface area contributed by atoms with Gasteiger partial charge in [0.15, 0.2) is 11.3 Å². The first-order valence-electron chi connectivity index (χ1n) is 9.16. The largest absolute Gasteiger partial charge is 0.506 e. The summed E-state index contributed by atoms with van der Waals surface area (Å²) < 4.78 is 10.4. The van der Waals surface area contributed by atoms with E-state index >= 15 is 0 Å². The molecule has 0 fully saturated rings. The van der Waals surface area contributed by atoms with Crippen molar-refractivity contribution in [2.45, 2.75) is 13.0 Å². The number of aliphatic hydroxyl groups excluding tert-OH is 1. The number of rotatable bonds is 6. The van der Waals surface area contributed by atoms with Crippen molar-refractivity contribution in [3.63, 3.8) is 0 Å². The Bertz CT molecular complexity index is 1130. The van der Waals surface area contributed by atoms with Crippen molar-refractivity contribution in [3.05, 3.63) is 62.7 Å². The van der Waals surface area contributed by atoms with Gasteiger partial charge in [-0.3, -0.25) is 14.9 Å². The van der Waals surface area contributed by atoms with Crippen LogP contribution in [-0.2, 0) is 17.8 Å². The first-order valence-corrected chi connectivity index (χ1v) is 9.16. The third kappa shape index (κ3) is 4.20. The van der Waals surface area contributed by atoms with Gasteiger partial charge in [0.1, 0.15) is 17.6 Å². The summed E-state index contributed by atoms with van der Waals surface area (Å²) in [6.07, 6.45) is 0.821. The average molecular weight is 425 g/mol. The van der Waals surface area contributed by atoms with Crippen LogP contribution in [0.25, 0.3) is 5.76 Å². The number of hydrogen-bond donors (Lipinski definition) is 2. The predicted molar refractivity (Wildman–Crippen MR) is 109 cm³/mol. The standard InChI is InChI=1S/C21H19N3O7/c1-23(11-12-3-4-13-5-6-31-17(13)7-12)21(27)15(10-22)19(25)14-8-16(24(28)29)20(26)18(9-14)30-2/h3-4,7-9,25-26H,5-6,11H2,1-2H3/b19-15-. The van der Waals surface area contributed by atoms with E-state index in [1.54, 1.807) is 6.07 Å². The quantitative estimate of drug-likeness (QED) is 0.236. The second kappa shape index (κ2) is 8.62. The molecule has 10 heteroatoms. The van der Waals surface area contributed by atoms with E-state index in [-0.39, 0.29) is 17.9 Å². The lowest BCUT2D eigenvalue weighted by molar-refractivity contribution is -0.386. The van der Waals surface area contributed by atoms with E-state index in [0.717, 1.165) is 35.4 Å². The van der Waals surface area contributed by atoms with Crippen molar-refractivity contribution in [3.8, 4) is 23.3 Å². The number of benzene rings is 2. The molecule has 0 saturated carbocycles. The third-order valence-corrected chi connectivity index (χ3v) is 4.83. The normalized spacial score (nSPS) is 12.8. The van der Waals surface area contributed by atoms with Crippen molar-refractivity contribution in [2.75, 3.05) is 20.8 Å². The number of amides is 1. The first kappa shape index (κ1) is 21.4. The molecule has 0 spiro atoms. The third-order valence-electron chi connectivity index (χ3n) is 4.83. The first-order chi connectivity index (χ1) is 14.8. The Morgan fingerprint density at radius 1 is 1.39 bits per heavy atom. The fourth-order valence-electron chi connectivity index (χ4n) is 3.22. The molecule has 0 saturated heterocycles. The molecule has 2 aromatic rings. The maximum absolute atomic E-state index is 12.8. The van der Waals surface area contributed by atoms with Crippen molar-refractivity contribution >= 4 is 17.4 Å². The van der Waals surface area contributed by atoms with E-state index in [9.17, 15) is 30.4 Å². The molecule has 160 valence electrons. The van der Waals surface area contributed by atoms with Gasteiger partial charge >= 0.3 is 5.69 Å². The molecule has 2 N–H and O–H groups in total. The lowest BCUT2D eigenvalue weighted by Crippen LogP contribution is -2.28. The lowest BCUT2D eigenvalue weighted by Gasteiger charge is -2.18. The van der Waals surface area contributed by atoms with Gasteiger partial charge in [-0.25, -0.2) is 0 Å². The molecule has 1 aliphatic rings. The molecule has 3 rings (SSSR count). The Labute approximate surface area is 177 Å². The number of phenols is 1. The zero-order valence-electron chi connectivity index (χ0n) is 16.8. The maximum Gasteiger partial charge on any atom is 0.315 e. The van der Waals surface area contributed by atoms with Gasteiger partial charge in [0.05, 0.1) is 18.6 Å². The van der Waals surface area contributed by atoms with Gasteiger partial charge < -0.3 is 24.6 Å². The zero-order chi connectivity index (χ0) is 22.7. The molecule has 0 aromatic heterocycles. The van der Waals surface area contributed by atoms with Crippen LogP contribution in [0.1, 0.15) is 16.7 Å². The van der Waals surface area contributed by atoms with Gasteiger partial charge in [-0.05, 0) is 23.3 Å². The average Bonchev–Trinajstić information content (AvgIpc) is 3.21. The molecule has 0 atom stereocenters. The summed E-state index contributed by atoms with van der Waals surface area (Å²) in [5, 5.41) is 41.1. The number of phenolic OH excluding ortho intramolecular Hbond substituents is 1. The molecule has 1 aliphatic heterocycles. The summed E-state index contributed by atoms with van der Waals surface area (Å²) in [5.41, 5.74) is 0.288. The molecular formula is C21H19N3O7. The van der Waals surface area contributed by atoms with Crippen molar-refractivity contribution < 1.29 is 29.4 Å². The molecule has 0 unspecified atom stereocenters. The van der Waals surface area contributed by atoms with Crippen molar-refractivity contribution in [2.24, 2.45) is 0 Å². The monoisotopic (exact) mass is 425 g/mol. The number of carbonyl (C=O) groups excluding carboxylic acids is 1. The van der Waals surface area contributed by atoms with Crippen LogP contribution in [0.5, 0.6) is 17.2 Å². The minimum absolute atomic E-state index is 0.146. The predicted octanol–water partition coefficient (Wildman–Crippen LogP) is 2.70. The number of nitro groups is 1. The topological polar surface area (TPSA) is 146 Å². The SMILES string of the molecule is COc1cc(/C(O)=C(\C#N)C(=O)N(C)Cc2ccc3c(c2)OCC3)cc([N+](=O)[O-])c1O. The number of carbonyl (C=O) groups is 1. The lowest BCUT2D eigenvalue weighted by atomic mass is 10.1. The number of aliphatic hydroxyl groups is 1. The molecule has 1 amide bonds. The van der Waals surface area contributed by atoms with Gasteiger partial charge in [0.25, 0.3) is 5.91 Å². The molecule has 2 aromatic carbocycles. The van der Waals surface area contributed by atoms with E-state index in [4.69, 9.17) is 9.47 Å². The van der Waals surface area contributed by atoms with Gasteiger partial charge in [0, 0.05) is 31.6 Å². The maximum atomic E-state index is 12.8. The molecular weight excluding hydrogens is 406 g/mol. The number of likely N-dealkylation sites (N-methyl/N-ethyl adjacent to an activating group) is 1. The summed E-state index contributed by atoms with van der Waals surface area (Å²) in [4.78, 5) is 24.3. The molecule has 31 heavy (non-hydrogen) atoms. The fraction of sp³-hybridized carbons (Fsp3) is 0.238. The van der Waals surface area contributed by atoms with Gasteiger partial charge in [-0.1, -0.05) is 12.1 Å². The van der Waals surface area contributed by atoms with Crippen LogP contribution in [0.15, 0.2) is 35.9 Å². The van der Waals surface area contributed by atoms with E-state index < -0.39 is 33.6 Å².